The zero-order valence-corrected chi connectivity index (χ0v) is 16.2. The number of para-hydroxylation sites is 2. The minimum atomic E-state index is -0.303. The highest BCUT2D eigenvalue weighted by atomic mass is 16.5. The standard InChI is InChI=1S/C22H26N2O3/c1-13(2)27-20-8-6-5-7-19(20)24-22(26)18-12-17(18)21(25)23-16-10-14(3)9-15(4)11-16/h5-11,13,17-18H,12H2,1-4H3,(H,23,25)(H,24,26). The predicted molar refractivity (Wildman–Crippen MR) is 107 cm³/mol. The number of hydrogen-bond acceptors (Lipinski definition) is 3. The van der Waals surface area contributed by atoms with Gasteiger partial charge in [0.05, 0.1) is 23.6 Å². The van der Waals surface area contributed by atoms with Crippen LogP contribution in [-0.4, -0.2) is 17.9 Å². The first kappa shape index (κ1) is 19.0. The summed E-state index contributed by atoms with van der Waals surface area (Å²) in [5, 5.41) is 5.83. The van der Waals surface area contributed by atoms with Crippen LogP contribution in [0.25, 0.3) is 0 Å². The van der Waals surface area contributed by atoms with Gasteiger partial charge in [0.2, 0.25) is 11.8 Å². The maximum absolute atomic E-state index is 12.5. The second-order valence-corrected chi connectivity index (χ2v) is 7.47. The third-order valence-corrected chi connectivity index (χ3v) is 4.46. The Labute approximate surface area is 160 Å². The van der Waals surface area contributed by atoms with Crippen molar-refractivity contribution in [2.24, 2.45) is 11.8 Å². The lowest BCUT2D eigenvalue weighted by Gasteiger charge is -2.14. The van der Waals surface area contributed by atoms with Crippen LogP contribution >= 0.6 is 0 Å². The Balaban J connectivity index is 1.60. The Morgan fingerprint density at radius 3 is 2.19 bits per heavy atom. The highest BCUT2D eigenvalue weighted by Gasteiger charge is 2.48. The molecular weight excluding hydrogens is 340 g/mol. The molecule has 3 rings (SSSR count). The topological polar surface area (TPSA) is 67.4 Å². The van der Waals surface area contributed by atoms with Gasteiger partial charge in [-0.2, -0.15) is 0 Å². The zero-order valence-electron chi connectivity index (χ0n) is 16.2. The molecule has 5 nitrogen and oxygen atoms in total. The van der Waals surface area contributed by atoms with Crippen LogP contribution < -0.4 is 15.4 Å². The summed E-state index contributed by atoms with van der Waals surface area (Å²) in [6.45, 7) is 7.86. The lowest BCUT2D eigenvalue weighted by molar-refractivity contribution is -0.122. The number of carbonyl (C=O) groups is 2. The van der Waals surface area contributed by atoms with Crippen molar-refractivity contribution in [3.05, 3.63) is 53.6 Å². The van der Waals surface area contributed by atoms with Crippen molar-refractivity contribution >= 4 is 23.2 Å². The van der Waals surface area contributed by atoms with Crippen LogP contribution in [0.4, 0.5) is 11.4 Å². The number of aryl methyl sites for hydroxylation is 2. The van der Waals surface area contributed by atoms with E-state index in [0.29, 0.717) is 17.9 Å². The van der Waals surface area contributed by atoms with Crippen molar-refractivity contribution in [1.29, 1.82) is 0 Å². The van der Waals surface area contributed by atoms with Gasteiger partial charge in [0.15, 0.2) is 0 Å². The minimum Gasteiger partial charge on any atom is -0.489 e. The fraction of sp³-hybridized carbons (Fsp3) is 0.364. The Kier molecular flexibility index (Phi) is 5.49. The molecule has 0 radical (unpaired) electrons. The molecule has 1 aliphatic carbocycles. The van der Waals surface area contributed by atoms with Crippen LogP contribution in [0.1, 0.15) is 31.4 Å². The lowest BCUT2D eigenvalue weighted by atomic mass is 10.1. The Morgan fingerprint density at radius 1 is 0.963 bits per heavy atom. The van der Waals surface area contributed by atoms with Gasteiger partial charge in [-0.05, 0) is 69.5 Å². The first-order valence-corrected chi connectivity index (χ1v) is 9.29. The molecule has 2 N–H and O–H groups in total. The van der Waals surface area contributed by atoms with Crippen LogP contribution in [0.3, 0.4) is 0 Å². The maximum Gasteiger partial charge on any atom is 0.228 e. The van der Waals surface area contributed by atoms with Gasteiger partial charge in [0, 0.05) is 5.69 Å². The predicted octanol–water partition coefficient (Wildman–Crippen LogP) is 4.30. The van der Waals surface area contributed by atoms with E-state index in [9.17, 15) is 9.59 Å². The van der Waals surface area contributed by atoms with Crippen molar-refractivity contribution in [2.45, 2.75) is 40.2 Å². The summed E-state index contributed by atoms with van der Waals surface area (Å²) in [7, 11) is 0. The number of carbonyl (C=O) groups excluding carboxylic acids is 2. The molecule has 5 heteroatoms. The fourth-order valence-electron chi connectivity index (χ4n) is 3.21. The van der Waals surface area contributed by atoms with E-state index in [0.717, 1.165) is 16.8 Å². The summed E-state index contributed by atoms with van der Waals surface area (Å²) in [4.78, 5) is 25.0. The van der Waals surface area contributed by atoms with Crippen molar-refractivity contribution < 1.29 is 14.3 Å². The van der Waals surface area contributed by atoms with Gasteiger partial charge in [-0.3, -0.25) is 9.59 Å². The molecule has 2 unspecified atom stereocenters. The highest BCUT2D eigenvalue weighted by molar-refractivity contribution is 6.03. The van der Waals surface area contributed by atoms with Crippen LogP contribution in [0.2, 0.25) is 0 Å². The zero-order chi connectivity index (χ0) is 19.6. The lowest BCUT2D eigenvalue weighted by Crippen LogP contribution is -2.21. The van der Waals surface area contributed by atoms with E-state index in [4.69, 9.17) is 4.74 Å². The molecule has 0 aliphatic heterocycles. The largest absolute Gasteiger partial charge is 0.489 e. The van der Waals surface area contributed by atoms with Gasteiger partial charge in [-0.1, -0.05) is 18.2 Å². The summed E-state index contributed by atoms with van der Waals surface area (Å²) in [6, 6.07) is 13.3. The molecule has 1 fully saturated rings. The van der Waals surface area contributed by atoms with E-state index in [2.05, 4.69) is 16.7 Å². The van der Waals surface area contributed by atoms with E-state index in [-0.39, 0.29) is 29.8 Å². The molecule has 2 aromatic carbocycles. The molecule has 27 heavy (non-hydrogen) atoms. The Morgan fingerprint density at radius 2 is 1.56 bits per heavy atom. The molecular formula is C22H26N2O3. The summed E-state index contributed by atoms with van der Waals surface area (Å²) >= 11 is 0. The van der Waals surface area contributed by atoms with E-state index in [1.807, 2.05) is 64.1 Å². The van der Waals surface area contributed by atoms with E-state index >= 15 is 0 Å². The first-order chi connectivity index (χ1) is 12.8. The van der Waals surface area contributed by atoms with Crippen LogP contribution in [0.5, 0.6) is 5.75 Å². The molecule has 2 amide bonds. The monoisotopic (exact) mass is 366 g/mol. The van der Waals surface area contributed by atoms with Crippen LogP contribution in [0.15, 0.2) is 42.5 Å². The first-order valence-electron chi connectivity index (χ1n) is 9.29. The second kappa shape index (κ2) is 7.82. The number of hydrogen-bond donors (Lipinski definition) is 2. The molecule has 0 saturated heterocycles. The minimum absolute atomic E-state index is 0.0142. The van der Waals surface area contributed by atoms with Crippen LogP contribution in [-0.2, 0) is 9.59 Å². The van der Waals surface area contributed by atoms with E-state index in [1.165, 1.54) is 0 Å². The Hall–Kier alpha value is -2.82. The van der Waals surface area contributed by atoms with Gasteiger partial charge < -0.3 is 15.4 Å². The maximum atomic E-state index is 12.5. The molecule has 0 bridgehead atoms. The molecule has 0 spiro atoms. The van der Waals surface area contributed by atoms with E-state index in [1.54, 1.807) is 0 Å². The van der Waals surface area contributed by atoms with Crippen molar-refractivity contribution in [1.82, 2.24) is 0 Å². The quantitative estimate of drug-likeness (QED) is 0.801. The average molecular weight is 366 g/mol. The van der Waals surface area contributed by atoms with Gasteiger partial charge in [-0.25, -0.2) is 0 Å². The van der Waals surface area contributed by atoms with Crippen LogP contribution in [0, 0.1) is 25.7 Å². The summed E-state index contributed by atoms with van der Waals surface area (Å²) in [6.07, 6.45) is 0.579. The number of benzene rings is 2. The normalized spacial score (nSPS) is 18.1. The number of ether oxygens (including phenoxy) is 1. The SMILES string of the molecule is Cc1cc(C)cc(NC(=O)C2CC2C(=O)Nc2ccccc2OC(C)C)c1. The smallest absolute Gasteiger partial charge is 0.228 e. The third kappa shape index (κ3) is 4.88. The van der Waals surface area contributed by atoms with Gasteiger partial charge in [-0.15, -0.1) is 0 Å². The highest BCUT2D eigenvalue weighted by Crippen LogP contribution is 2.41. The van der Waals surface area contributed by atoms with Crippen molar-refractivity contribution in [2.75, 3.05) is 10.6 Å². The molecule has 0 heterocycles. The molecule has 0 aromatic heterocycles. The summed E-state index contributed by atoms with van der Waals surface area (Å²) in [5.41, 5.74) is 3.60. The van der Waals surface area contributed by atoms with E-state index < -0.39 is 0 Å². The second-order valence-electron chi connectivity index (χ2n) is 7.47. The molecule has 1 aliphatic rings. The number of rotatable bonds is 6. The van der Waals surface area contributed by atoms with Crippen molar-refractivity contribution in [3.8, 4) is 5.75 Å². The fourth-order valence-corrected chi connectivity index (χ4v) is 3.21. The number of amides is 2. The summed E-state index contributed by atoms with van der Waals surface area (Å²) in [5.74, 6) is -0.202. The Bertz CT molecular complexity index is 840. The summed E-state index contributed by atoms with van der Waals surface area (Å²) < 4.78 is 5.73. The van der Waals surface area contributed by atoms with Gasteiger partial charge in [0.1, 0.15) is 5.75 Å². The molecule has 142 valence electrons. The molecule has 2 atom stereocenters. The average Bonchev–Trinajstić information content (AvgIpc) is 3.36. The number of anilines is 2. The van der Waals surface area contributed by atoms with Gasteiger partial charge in [0.25, 0.3) is 0 Å². The molecule has 1 saturated carbocycles. The third-order valence-electron chi connectivity index (χ3n) is 4.46. The number of nitrogens with one attached hydrogen (secondary N) is 2. The van der Waals surface area contributed by atoms with Gasteiger partial charge >= 0.3 is 0 Å². The van der Waals surface area contributed by atoms with Crippen molar-refractivity contribution in [3.63, 3.8) is 0 Å². The molecule has 2 aromatic rings.